The maximum Gasteiger partial charge on any atom is 0.118 e. The maximum absolute atomic E-state index is 6.30. The van der Waals surface area contributed by atoms with E-state index < -0.39 is 0 Å². The first-order valence-electron chi connectivity index (χ1n) is 8.11. The monoisotopic (exact) mass is 291 g/mol. The van der Waals surface area contributed by atoms with E-state index in [0.29, 0.717) is 12.0 Å². The first-order chi connectivity index (χ1) is 10.1. The molecule has 2 atom stereocenters. The number of rotatable bonds is 9. The molecule has 1 saturated carbocycles. The third-order valence-electron chi connectivity index (χ3n) is 3.86. The van der Waals surface area contributed by atoms with Gasteiger partial charge in [-0.1, -0.05) is 26.0 Å². The van der Waals surface area contributed by atoms with Crippen LogP contribution in [-0.2, 0) is 4.74 Å². The van der Waals surface area contributed by atoms with Gasteiger partial charge in [-0.2, -0.15) is 0 Å². The van der Waals surface area contributed by atoms with Gasteiger partial charge in [-0.25, -0.2) is 0 Å². The number of ether oxygens (including phenoxy) is 2. The van der Waals surface area contributed by atoms with Gasteiger partial charge < -0.3 is 14.8 Å². The standard InChI is InChI=1S/C18H29NO2/c1-13(2)11-14(3)21-18(12-19-16-7-8-16)15-5-9-17(20-4)10-6-15/h5-6,9-10,13-14,16,18-19H,7-8,11-12H2,1-4H3. The van der Waals surface area contributed by atoms with Gasteiger partial charge in [0.15, 0.2) is 0 Å². The average molecular weight is 291 g/mol. The number of hydrogen-bond donors (Lipinski definition) is 1. The van der Waals surface area contributed by atoms with Gasteiger partial charge in [-0.15, -0.1) is 0 Å². The topological polar surface area (TPSA) is 30.5 Å². The number of nitrogens with one attached hydrogen (secondary N) is 1. The molecule has 3 nitrogen and oxygen atoms in total. The lowest BCUT2D eigenvalue weighted by Crippen LogP contribution is -2.27. The number of benzene rings is 1. The third kappa shape index (κ3) is 5.68. The first kappa shape index (κ1) is 16.3. The number of hydrogen-bond acceptors (Lipinski definition) is 3. The third-order valence-corrected chi connectivity index (χ3v) is 3.86. The summed E-state index contributed by atoms with van der Waals surface area (Å²) < 4.78 is 11.5. The SMILES string of the molecule is COc1ccc(C(CNC2CC2)OC(C)CC(C)C)cc1. The lowest BCUT2D eigenvalue weighted by Gasteiger charge is -2.24. The van der Waals surface area contributed by atoms with Crippen LogP contribution >= 0.6 is 0 Å². The fraction of sp³-hybridized carbons (Fsp3) is 0.667. The van der Waals surface area contributed by atoms with Crippen LogP contribution in [0.3, 0.4) is 0 Å². The first-order valence-corrected chi connectivity index (χ1v) is 8.11. The summed E-state index contributed by atoms with van der Waals surface area (Å²) in [7, 11) is 1.70. The summed E-state index contributed by atoms with van der Waals surface area (Å²) in [4.78, 5) is 0. The summed E-state index contributed by atoms with van der Waals surface area (Å²) in [6.07, 6.45) is 4.09. The Hall–Kier alpha value is -1.06. The molecular formula is C18H29NO2. The van der Waals surface area contributed by atoms with E-state index in [1.165, 1.54) is 18.4 Å². The molecule has 1 aromatic rings. The van der Waals surface area contributed by atoms with Crippen molar-refractivity contribution in [2.75, 3.05) is 13.7 Å². The van der Waals surface area contributed by atoms with Gasteiger partial charge >= 0.3 is 0 Å². The molecule has 1 aliphatic rings. The van der Waals surface area contributed by atoms with Crippen molar-refractivity contribution < 1.29 is 9.47 Å². The van der Waals surface area contributed by atoms with Crippen LogP contribution in [0.1, 0.15) is 51.7 Å². The van der Waals surface area contributed by atoms with Gasteiger partial charge in [-0.05, 0) is 49.8 Å². The molecule has 0 heterocycles. The molecule has 2 unspecified atom stereocenters. The van der Waals surface area contributed by atoms with Crippen molar-refractivity contribution >= 4 is 0 Å². The Kier molecular flexibility index (Phi) is 6.07. The zero-order valence-corrected chi connectivity index (χ0v) is 13.8. The van der Waals surface area contributed by atoms with Crippen LogP contribution in [0.5, 0.6) is 5.75 Å². The van der Waals surface area contributed by atoms with Crippen LogP contribution in [0.4, 0.5) is 0 Å². The van der Waals surface area contributed by atoms with Crippen LogP contribution in [0, 0.1) is 5.92 Å². The van der Waals surface area contributed by atoms with Crippen LogP contribution in [0.25, 0.3) is 0 Å². The Balaban J connectivity index is 1.98. The fourth-order valence-corrected chi connectivity index (χ4v) is 2.62. The molecule has 1 N–H and O–H groups in total. The van der Waals surface area contributed by atoms with E-state index in [2.05, 4.69) is 38.2 Å². The van der Waals surface area contributed by atoms with Crippen molar-refractivity contribution in [3.05, 3.63) is 29.8 Å². The Bertz CT molecular complexity index is 412. The maximum atomic E-state index is 6.30. The second-order valence-electron chi connectivity index (χ2n) is 6.52. The van der Waals surface area contributed by atoms with E-state index in [1.807, 2.05) is 12.1 Å². The highest BCUT2D eigenvalue weighted by atomic mass is 16.5. The minimum atomic E-state index is 0.116. The highest BCUT2D eigenvalue weighted by Crippen LogP contribution is 2.25. The fourth-order valence-electron chi connectivity index (χ4n) is 2.62. The highest BCUT2D eigenvalue weighted by molar-refractivity contribution is 5.28. The largest absolute Gasteiger partial charge is 0.497 e. The van der Waals surface area contributed by atoms with E-state index in [-0.39, 0.29) is 12.2 Å². The Morgan fingerprint density at radius 2 is 1.81 bits per heavy atom. The highest BCUT2D eigenvalue weighted by Gasteiger charge is 2.24. The van der Waals surface area contributed by atoms with Crippen molar-refractivity contribution in [3.63, 3.8) is 0 Å². The minimum Gasteiger partial charge on any atom is -0.497 e. The molecule has 118 valence electrons. The molecule has 3 heteroatoms. The van der Waals surface area contributed by atoms with E-state index in [4.69, 9.17) is 9.47 Å². The molecule has 21 heavy (non-hydrogen) atoms. The van der Waals surface area contributed by atoms with Gasteiger partial charge in [-0.3, -0.25) is 0 Å². The quantitative estimate of drug-likeness (QED) is 0.747. The van der Waals surface area contributed by atoms with Gasteiger partial charge in [0.1, 0.15) is 5.75 Å². The van der Waals surface area contributed by atoms with Crippen molar-refractivity contribution in [2.45, 2.75) is 58.3 Å². The van der Waals surface area contributed by atoms with Crippen molar-refractivity contribution in [1.29, 1.82) is 0 Å². The zero-order valence-electron chi connectivity index (χ0n) is 13.8. The molecule has 1 aromatic carbocycles. The average Bonchev–Trinajstić information content (AvgIpc) is 3.27. The molecule has 0 aromatic heterocycles. The predicted molar refractivity (Wildman–Crippen MR) is 86.8 cm³/mol. The normalized spacial score (nSPS) is 17.8. The molecule has 0 radical (unpaired) electrons. The van der Waals surface area contributed by atoms with Crippen LogP contribution in [0.15, 0.2) is 24.3 Å². The molecule has 1 fully saturated rings. The predicted octanol–water partition coefficient (Wildman–Crippen LogP) is 3.94. The van der Waals surface area contributed by atoms with E-state index >= 15 is 0 Å². The van der Waals surface area contributed by atoms with Gasteiger partial charge in [0.05, 0.1) is 19.3 Å². The smallest absolute Gasteiger partial charge is 0.118 e. The van der Waals surface area contributed by atoms with Crippen LogP contribution in [-0.4, -0.2) is 25.8 Å². The second kappa shape index (κ2) is 7.81. The zero-order chi connectivity index (χ0) is 15.2. The summed E-state index contributed by atoms with van der Waals surface area (Å²) in [6.45, 7) is 7.54. The summed E-state index contributed by atoms with van der Waals surface area (Å²) >= 11 is 0. The van der Waals surface area contributed by atoms with Crippen molar-refractivity contribution in [3.8, 4) is 5.75 Å². The molecule has 0 bridgehead atoms. The van der Waals surface area contributed by atoms with Gasteiger partial charge in [0.2, 0.25) is 0 Å². The molecule has 0 aliphatic heterocycles. The molecule has 0 spiro atoms. The lowest BCUT2D eigenvalue weighted by molar-refractivity contribution is -0.0128. The summed E-state index contributed by atoms with van der Waals surface area (Å²) in [5.74, 6) is 1.55. The van der Waals surface area contributed by atoms with Crippen molar-refractivity contribution in [1.82, 2.24) is 5.32 Å². The molecule has 0 amide bonds. The Morgan fingerprint density at radius 1 is 1.14 bits per heavy atom. The molecular weight excluding hydrogens is 262 g/mol. The van der Waals surface area contributed by atoms with Crippen LogP contribution in [0.2, 0.25) is 0 Å². The summed E-state index contributed by atoms with van der Waals surface area (Å²) in [6, 6.07) is 8.95. The minimum absolute atomic E-state index is 0.116. The second-order valence-corrected chi connectivity index (χ2v) is 6.52. The van der Waals surface area contributed by atoms with E-state index in [0.717, 1.165) is 18.7 Å². The summed E-state index contributed by atoms with van der Waals surface area (Å²) in [5.41, 5.74) is 1.22. The van der Waals surface area contributed by atoms with Crippen molar-refractivity contribution in [2.24, 2.45) is 5.92 Å². The number of methoxy groups -OCH3 is 1. The van der Waals surface area contributed by atoms with E-state index in [1.54, 1.807) is 7.11 Å². The molecule has 2 rings (SSSR count). The van der Waals surface area contributed by atoms with Gasteiger partial charge in [0, 0.05) is 12.6 Å². The Morgan fingerprint density at radius 3 is 2.33 bits per heavy atom. The summed E-state index contributed by atoms with van der Waals surface area (Å²) in [5, 5.41) is 3.59. The lowest BCUT2D eigenvalue weighted by atomic mass is 10.1. The molecule has 0 saturated heterocycles. The van der Waals surface area contributed by atoms with Gasteiger partial charge in [0.25, 0.3) is 0 Å². The Labute approximate surface area is 129 Å². The van der Waals surface area contributed by atoms with Crippen LogP contribution < -0.4 is 10.1 Å². The van der Waals surface area contributed by atoms with E-state index in [9.17, 15) is 0 Å². The molecule has 1 aliphatic carbocycles.